The molecule has 1 atom stereocenters. The molecule has 0 aliphatic rings. The molecule has 3 N–H and O–H groups in total. The minimum atomic E-state index is -1.30. The summed E-state index contributed by atoms with van der Waals surface area (Å²) in [6.45, 7) is 5.00. The minimum Gasteiger partial charge on any atom is -0.366 e. The summed E-state index contributed by atoms with van der Waals surface area (Å²) in [6, 6.07) is 8.36. The lowest BCUT2D eigenvalue weighted by Gasteiger charge is -2.24. The third kappa shape index (κ3) is 5.08. The van der Waals surface area contributed by atoms with Gasteiger partial charge in [-0.3, -0.25) is 4.79 Å². The zero-order valence-electron chi connectivity index (χ0n) is 17.2. The molecule has 2 heterocycles. The number of hydrogen-bond donors (Lipinski definition) is 3. The highest BCUT2D eigenvalue weighted by Crippen LogP contribution is 2.31. The van der Waals surface area contributed by atoms with Crippen molar-refractivity contribution in [1.82, 2.24) is 14.9 Å². The quantitative estimate of drug-likeness (QED) is 0.321. The Morgan fingerprint density at radius 3 is 2.80 bits per heavy atom. The van der Waals surface area contributed by atoms with Crippen LogP contribution in [0.2, 0.25) is 0 Å². The average molecular weight is 526 g/mol. The summed E-state index contributed by atoms with van der Waals surface area (Å²) >= 11 is 2.04. The number of carbonyl (C=O) groups excluding carboxylic acids is 1. The van der Waals surface area contributed by atoms with Gasteiger partial charge in [0.25, 0.3) is 5.91 Å². The third-order valence-corrected chi connectivity index (χ3v) is 5.07. The molecule has 30 heavy (non-hydrogen) atoms. The van der Waals surface area contributed by atoms with Crippen LogP contribution in [-0.2, 0) is 11.8 Å². The van der Waals surface area contributed by atoms with Gasteiger partial charge in [-0.25, -0.2) is 9.37 Å². The number of nitrogens with zero attached hydrogens (tertiary/aromatic N) is 2. The molecule has 1 aromatic carbocycles. The van der Waals surface area contributed by atoms with E-state index < -0.39 is 17.7 Å². The first-order chi connectivity index (χ1) is 14.1. The molecule has 1 amide bonds. The van der Waals surface area contributed by atoms with Crippen LogP contribution in [0.15, 0.2) is 36.5 Å². The van der Waals surface area contributed by atoms with Gasteiger partial charge in [-0.2, -0.15) is 0 Å². The van der Waals surface area contributed by atoms with Gasteiger partial charge < -0.3 is 25.0 Å². The summed E-state index contributed by atoms with van der Waals surface area (Å²) in [5.74, 6) is -1.65. The van der Waals surface area contributed by atoms with Gasteiger partial charge in [0.15, 0.2) is 5.79 Å². The Balaban J connectivity index is 1.94. The first kappa shape index (κ1) is 22.4. The SMILES string of the molecule is CC(CNC(=O)c1c(Nc2ccc(I)cc2F)n(C)c2ncccc12)OC(C)(C)O. The molecule has 7 nitrogen and oxygen atoms in total. The Labute approximate surface area is 187 Å². The van der Waals surface area contributed by atoms with E-state index in [-0.39, 0.29) is 18.1 Å². The van der Waals surface area contributed by atoms with Crippen molar-refractivity contribution in [3.8, 4) is 0 Å². The molecule has 9 heteroatoms. The van der Waals surface area contributed by atoms with Crippen LogP contribution in [-0.4, -0.2) is 39.0 Å². The second kappa shape index (κ2) is 8.86. The molecule has 0 saturated heterocycles. The topological polar surface area (TPSA) is 88.4 Å². The number of pyridine rings is 1. The summed E-state index contributed by atoms with van der Waals surface area (Å²) in [5.41, 5.74) is 1.21. The van der Waals surface area contributed by atoms with Crippen LogP contribution in [0.4, 0.5) is 15.9 Å². The van der Waals surface area contributed by atoms with Crippen molar-refractivity contribution in [2.45, 2.75) is 32.7 Å². The van der Waals surface area contributed by atoms with E-state index in [2.05, 4.69) is 15.6 Å². The number of amides is 1. The van der Waals surface area contributed by atoms with Crippen molar-refractivity contribution in [2.75, 3.05) is 11.9 Å². The van der Waals surface area contributed by atoms with Crippen LogP contribution < -0.4 is 10.6 Å². The van der Waals surface area contributed by atoms with Gasteiger partial charge in [-0.1, -0.05) is 0 Å². The van der Waals surface area contributed by atoms with Crippen molar-refractivity contribution in [3.63, 3.8) is 0 Å². The Bertz CT molecular complexity index is 1080. The normalized spacial score (nSPS) is 12.8. The molecule has 3 rings (SSSR count). The number of fused-ring (bicyclic) bond motifs is 1. The molecule has 0 aliphatic carbocycles. The van der Waals surface area contributed by atoms with Crippen LogP contribution in [0.1, 0.15) is 31.1 Å². The molecule has 0 saturated carbocycles. The number of aryl methyl sites for hydroxylation is 1. The van der Waals surface area contributed by atoms with E-state index in [0.717, 1.165) is 3.57 Å². The van der Waals surface area contributed by atoms with E-state index >= 15 is 0 Å². The number of rotatable bonds is 7. The van der Waals surface area contributed by atoms with E-state index in [1.807, 2.05) is 22.6 Å². The number of halogens is 2. The van der Waals surface area contributed by atoms with Gasteiger partial charge in [0.2, 0.25) is 0 Å². The molecular formula is C21H24FIN4O3. The van der Waals surface area contributed by atoms with E-state index in [1.165, 1.54) is 19.9 Å². The fourth-order valence-electron chi connectivity index (χ4n) is 3.21. The molecule has 0 spiro atoms. The van der Waals surface area contributed by atoms with Crippen LogP contribution in [0.25, 0.3) is 11.0 Å². The average Bonchev–Trinajstić information content (AvgIpc) is 2.93. The second-order valence-corrected chi connectivity index (χ2v) is 8.74. The number of benzene rings is 1. The number of aromatic nitrogens is 2. The largest absolute Gasteiger partial charge is 0.366 e. The maximum absolute atomic E-state index is 14.4. The summed E-state index contributed by atoms with van der Waals surface area (Å²) in [4.78, 5) is 17.4. The Kier molecular flexibility index (Phi) is 6.63. The molecule has 0 radical (unpaired) electrons. The van der Waals surface area contributed by atoms with E-state index in [4.69, 9.17) is 4.74 Å². The molecule has 1 unspecified atom stereocenters. The first-order valence-electron chi connectivity index (χ1n) is 9.40. The van der Waals surface area contributed by atoms with Crippen LogP contribution >= 0.6 is 22.6 Å². The Morgan fingerprint density at radius 1 is 1.40 bits per heavy atom. The lowest BCUT2D eigenvalue weighted by Crippen LogP contribution is -2.37. The molecule has 2 aromatic heterocycles. The molecule has 0 aliphatic heterocycles. The number of nitrogens with one attached hydrogen (secondary N) is 2. The molecule has 0 fully saturated rings. The lowest BCUT2D eigenvalue weighted by molar-refractivity contribution is -0.199. The van der Waals surface area contributed by atoms with Gasteiger partial charge in [0.05, 0.1) is 17.4 Å². The van der Waals surface area contributed by atoms with Crippen molar-refractivity contribution in [3.05, 3.63) is 51.5 Å². The highest BCUT2D eigenvalue weighted by atomic mass is 127. The monoisotopic (exact) mass is 526 g/mol. The fourth-order valence-corrected chi connectivity index (χ4v) is 3.67. The number of aliphatic hydroxyl groups is 1. The summed E-state index contributed by atoms with van der Waals surface area (Å²) in [6.07, 6.45) is 1.23. The first-order valence-corrected chi connectivity index (χ1v) is 10.5. The van der Waals surface area contributed by atoms with Crippen LogP contribution in [0, 0.1) is 9.39 Å². The molecule has 3 aromatic rings. The Hall–Kier alpha value is -2.24. The van der Waals surface area contributed by atoms with Crippen LogP contribution in [0.5, 0.6) is 0 Å². The Morgan fingerprint density at radius 2 is 2.13 bits per heavy atom. The summed E-state index contributed by atoms with van der Waals surface area (Å²) in [5, 5.41) is 16.3. The summed E-state index contributed by atoms with van der Waals surface area (Å²) in [7, 11) is 1.76. The highest BCUT2D eigenvalue weighted by molar-refractivity contribution is 14.1. The van der Waals surface area contributed by atoms with Crippen molar-refractivity contribution in [1.29, 1.82) is 0 Å². The van der Waals surface area contributed by atoms with E-state index in [1.54, 1.807) is 49.0 Å². The number of ether oxygens (including phenoxy) is 1. The lowest BCUT2D eigenvalue weighted by atomic mass is 10.2. The van der Waals surface area contributed by atoms with E-state index in [9.17, 15) is 14.3 Å². The predicted molar refractivity (Wildman–Crippen MR) is 122 cm³/mol. The number of hydrogen-bond acceptors (Lipinski definition) is 5. The smallest absolute Gasteiger partial charge is 0.255 e. The van der Waals surface area contributed by atoms with Crippen LogP contribution in [0.3, 0.4) is 0 Å². The van der Waals surface area contributed by atoms with Crippen molar-refractivity contribution in [2.24, 2.45) is 7.05 Å². The van der Waals surface area contributed by atoms with Gasteiger partial charge >= 0.3 is 0 Å². The van der Waals surface area contributed by atoms with Crippen molar-refractivity contribution < 1.29 is 19.0 Å². The highest BCUT2D eigenvalue weighted by Gasteiger charge is 2.24. The van der Waals surface area contributed by atoms with Crippen molar-refractivity contribution >= 4 is 51.0 Å². The van der Waals surface area contributed by atoms with Gasteiger partial charge in [-0.15, -0.1) is 0 Å². The molecule has 0 bridgehead atoms. The maximum Gasteiger partial charge on any atom is 0.255 e. The van der Waals surface area contributed by atoms with Gasteiger partial charge in [0.1, 0.15) is 17.3 Å². The third-order valence-electron chi connectivity index (χ3n) is 4.40. The standard InChI is InChI=1S/C21H24FIN4O3/c1-12(30-21(2,3)29)11-25-20(28)17-14-6-5-9-24-18(14)27(4)19(17)26-16-8-7-13(23)10-15(16)22/h5-10,12,26,29H,11H2,1-4H3,(H,25,28). The van der Waals surface area contributed by atoms with Gasteiger partial charge in [0, 0.05) is 28.7 Å². The molecule has 160 valence electrons. The predicted octanol–water partition coefficient (Wildman–Crippen LogP) is 3.92. The fraction of sp³-hybridized carbons (Fsp3) is 0.333. The zero-order chi connectivity index (χ0) is 22.1. The van der Waals surface area contributed by atoms with E-state index in [0.29, 0.717) is 22.4 Å². The minimum absolute atomic E-state index is 0.191. The second-order valence-electron chi connectivity index (χ2n) is 7.49. The number of anilines is 2. The zero-order valence-corrected chi connectivity index (χ0v) is 19.3. The number of carbonyl (C=O) groups is 1. The summed E-state index contributed by atoms with van der Waals surface area (Å²) < 4.78 is 22.4. The maximum atomic E-state index is 14.4. The van der Waals surface area contributed by atoms with Gasteiger partial charge in [-0.05, 0) is 73.7 Å². The molecular weight excluding hydrogens is 502 g/mol.